The van der Waals surface area contributed by atoms with Gasteiger partial charge in [0.25, 0.3) is 11.8 Å². The molecule has 39 heavy (non-hydrogen) atoms. The lowest BCUT2D eigenvalue weighted by atomic mass is 9.94. The highest BCUT2D eigenvalue weighted by Gasteiger charge is 2.24. The van der Waals surface area contributed by atoms with E-state index in [1.165, 1.54) is 19.2 Å². The minimum atomic E-state index is -0.699. The Morgan fingerprint density at radius 3 is 2.69 bits per heavy atom. The molecule has 4 N–H and O–H groups in total. The molecule has 0 bridgehead atoms. The van der Waals surface area contributed by atoms with Crippen molar-refractivity contribution < 1.29 is 28.2 Å². The molecule has 9 heteroatoms. The lowest BCUT2D eigenvalue weighted by Crippen LogP contribution is -2.39. The molecular formula is C30H29F2N3O4. The Bertz CT molecular complexity index is 1550. The van der Waals surface area contributed by atoms with Crippen molar-refractivity contribution in [1.82, 2.24) is 15.6 Å². The molecule has 2 amide bonds. The molecule has 1 aromatic heterocycles. The number of aromatic nitrogens is 1. The van der Waals surface area contributed by atoms with E-state index >= 15 is 0 Å². The van der Waals surface area contributed by atoms with E-state index in [-0.39, 0.29) is 30.0 Å². The first-order chi connectivity index (χ1) is 18.9. The summed E-state index contributed by atoms with van der Waals surface area (Å²) in [4.78, 5) is 28.8. The van der Waals surface area contributed by atoms with E-state index in [1.807, 2.05) is 6.07 Å². The van der Waals surface area contributed by atoms with Crippen LogP contribution in [0.15, 0.2) is 54.7 Å². The molecule has 1 aliphatic rings. The minimum absolute atomic E-state index is 0.163. The zero-order chi connectivity index (χ0) is 27.5. The van der Waals surface area contributed by atoms with Crippen LogP contribution in [0.25, 0.3) is 22.0 Å². The van der Waals surface area contributed by atoms with Gasteiger partial charge >= 0.3 is 0 Å². The zero-order valence-electron chi connectivity index (χ0n) is 21.4. The lowest BCUT2D eigenvalue weighted by Gasteiger charge is -2.20. The molecule has 0 saturated heterocycles. The van der Waals surface area contributed by atoms with Crippen LogP contribution in [0.4, 0.5) is 8.78 Å². The summed E-state index contributed by atoms with van der Waals surface area (Å²) in [5.41, 5.74) is 3.49. The van der Waals surface area contributed by atoms with Crippen molar-refractivity contribution in [2.45, 2.75) is 31.7 Å². The second kappa shape index (κ2) is 11.2. The van der Waals surface area contributed by atoms with Gasteiger partial charge in [-0.25, -0.2) is 8.78 Å². The summed E-state index contributed by atoms with van der Waals surface area (Å²) in [6.07, 6.45) is 4.21. The fraction of sp³-hybridized carbons (Fsp3) is 0.267. The summed E-state index contributed by atoms with van der Waals surface area (Å²) in [7, 11) is 1.47. The maximum absolute atomic E-state index is 14.5. The number of rotatable bonds is 7. The molecule has 0 unspecified atom stereocenters. The smallest absolute Gasteiger partial charge is 0.255 e. The first-order valence-corrected chi connectivity index (χ1v) is 12.9. The van der Waals surface area contributed by atoms with Gasteiger partial charge in [-0.1, -0.05) is 6.07 Å². The van der Waals surface area contributed by atoms with Crippen molar-refractivity contribution in [3.8, 4) is 16.9 Å². The number of amides is 2. The number of aliphatic hydroxyl groups is 1. The van der Waals surface area contributed by atoms with Crippen LogP contribution in [0.5, 0.6) is 5.75 Å². The second-order valence-electron chi connectivity index (χ2n) is 9.66. The van der Waals surface area contributed by atoms with E-state index in [9.17, 15) is 23.5 Å². The van der Waals surface area contributed by atoms with Crippen molar-refractivity contribution in [2.75, 3.05) is 20.3 Å². The Hall–Kier alpha value is -4.24. The molecule has 1 atom stereocenters. The molecule has 4 aromatic rings. The number of carbonyl (C=O) groups excluding carboxylic acids is 2. The number of aryl methyl sites for hydroxylation is 1. The molecule has 0 saturated carbocycles. The quantitative estimate of drug-likeness (QED) is 0.281. The number of hydrogen-bond donors (Lipinski definition) is 4. The number of H-pyrrole nitrogens is 1. The van der Waals surface area contributed by atoms with Crippen LogP contribution in [0.2, 0.25) is 0 Å². The van der Waals surface area contributed by atoms with Crippen LogP contribution in [0, 0.1) is 11.6 Å². The summed E-state index contributed by atoms with van der Waals surface area (Å²) >= 11 is 0. The predicted octanol–water partition coefficient (Wildman–Crippen LogP) is 4.52. The molecule has 0 spiro atoms. The highest BCUT2D eigenvalue weighted by atomic mass is 19.1. The fourth-order valence-electron chi connectivity index (χ4n) is 5.06. The lowest BCUT2D eigenvalue weighted by molar-refractivity contribution is 0.0911. The topological polar surface area (TPSA) is 103 Å². The Kier molecular flexibility index (Phi) is 7.60. The molecule has 1 aliphatic heterocycles. The van der Waals surface area contributed by atoms with Gasteiger partial charge in [0.05, 0.1) is 24.8 Å². The number of hydrogen-bond acceptors (Lipinski definition) is 4. The average Bonchev–Trinajstić information content (AvgIpc) is 3.20. The van der Waals surface area contributed by atoms with Crippen molar-refractivity contribution in [1.29, 1.82) is 0 Å². The van der Waals surface area contributed by atoms with Gasteiger partial charge in [0.1, 0.15) is 17.4 Å². The van der Waals surface area contributed by atoms with Crippen LogP contribution in [-0.4, -0.2) is 48.2 Å². The first-order valence-electron chi connectivity index (χ1n) is 12.9. The molecule has 5 rings (SSSR count). The molecule has 0 radical (unpaired) electrons. The summed E-state index contributed by atoms with van der Waals surface area (Å²) in [6, 6.07) is 11.6. The molecule has 202 valence electrons. The van der Waals surface area contributed by atoms with Gasteiger partial charge in [-0.15, -0.1) is 0 Å². The highest BCUT2D eigenvalue weighted by Crippen LogP contribution is 2.35. The average molecular weight is 534 g/mol. The summed E-state index contributed by atoms with van der Waals surface area (Å²) in [6.45, 7) is 0.0838. The Morgan fingerprint density at radius 1 is 1.08 bits per heavy atom. The Morgan fingerprint density at radius 2 is 1.90 bits per heavy atom. The number of aliphatic hydroxyl groups excluding tert-OH is 1. The van der Waals surface area contributed by atoms with Gasteiger partial charge in [-0.2, -0.15) is 0 Å². The van der Waals surface area contributed by atoms with E-state index in [1.54, 1.807) is 30.5 Å². The maximum Gasteiger partial charge on any atom is 0.255 e. The standard InChI is InChI=1S/C30H29F2N3O4/c1-33-29(37)20-10-18(11-22(31)12-20)19-9-17-5-2-3-8-39-28(17)24(14-19)30(38)35-23(16-36)13-21-15-34-26-7-4-6-25(32)27(21)26/h4,6-7,9-12,14-15,23,34,36H,2-3,5,8,13,16H2,1H3,(H,33,37)(H,35,38)/t23-/m1/s1. The maximum atomic E-state index is 14.5. The normalized spacial score (nSPS) is 13.7. The molecule has 3 aromatic carbocycles. The number of fused-ring (bicyclic) bond motifs is 2. The molecule has 0 aliphatic carbocycles. The van der Waals surface area contributed by atoms with E-state index in [4.69, 9.17) is 4.74 Å². The van der Waals surface area contributed by atoms with Gasteiger partial charge in [-0.05, 0) is 90.4 Å². The molecule has 2 heterocycles. The molecular weight excluding hydrogens is 504 g/mol. The van der Waals surface area contributed by atoms with Crippen molar-refractivity contribution in [3.05, 3.63) is 88.6 Å². The summed E-state index contributed by atoms with van der Waals surface area (Å²) in [5, 5.41) is 15.9. The Balaban J connectivity index is 1.49. The molecule has 0 fully saturated rings. The Labute approximate surface area is 224 Å². The molecule has 7 nitrogen and oxygen atoms in total. The van der Waals surface area contributed by atoms with Crippen molar-refractivity contribution in [3.63, 3.8) is 0 Å². The number of benzene rings is 3. The number of halogens is 2. The zero-order valence-corrected chi connectivity index (χ0v) is 21.4. The second-order valence-corrected chi connectivity index (χ2v) is 9.66. The monoisotopic (exact) mass is 533 g/mol. The van der Waals surface area contributed by atoms with Crippen LogP contribution in [0.3, 0.4) is 0 Å². The van der Waals surface area contributed by atoms with Crippen molar-refractivity contribution >= 4 is 22.7 Å². The van der Waals surface area contributed by atoms with Crippen LogP contribution < -0.4 is 15.4 Å². The summed E-state index contributed by atoms with van der Waals surface area (Å²) < 4.78 is 34.9. The van der Waals surface area contributed by atoms with Gasteiger partial charge in [0, 0.05) is 29.7 Å². The van der Waals surface area contributed by atoms with E-state index in [2.05, 4.69) is 15.6 Å². The van der Waals surface area contributed by atoms with Gasteiger partial charge in [0.2, 0.25) is 0 Å². The van der Waals surface area contributed by atoms with Crippen molar-refractivity contribution in [2.24, 2.45) is 0 Å². The van der Waals surface area contributed by atoms with E-state index in [0.29, 0.717) is 46.4 Å². The largest absolute Gasteiger partial charge is 0.492 e. The van der Waals surface area contributed by atoms with Crippen LogP contribution in [-0.2, 0) is 12.8 Å². The predicted molar refractivity (Wildman–Crippen MR) is 144 cm³/mol. The third kappa shape index (κ3) is 5.49. The summed E-state index contributed by atoms with van der Waals surface area (Å²) in [5.74, 6) is -1.41. The third-order valence-corrected chi connectivity index (χ3v) is 6.98. The third-order valence-electron chi connectivity index (χ3n) is 6.98. The van der Waals surface area contributed by atoms with Gasteiger partial charge in [-0.3, -0.25) is 9.59 Å². The van der Waals surface area contributed by atoms with Gasteiger partial charge < -0.3 is 25.5 Å². The number of ether oxygens (including phenoxy) is 1. The van der Waals surface area contributed by atoms with Crippen LogP contribution >= 0.6 is 0 Å². The fourth-order valence-corrected chi connectivity index (χ4v) is 5.06. The highest BCUT2D eigenvalue weighted by molar-refractivity contribution is 6.00. The number of aromatic amines is 1. The van der Waals surface area contributed by atoms with Crippen LogP contribution in [0.1, 0.15) is 44.7 Å². The first kappa shape index (κ1) is 26.4. The number of carbonyl (C=O) groups is 2. The number of nitrogens with one attached hydrogen (secondary N) is 3. The minimum Gasteiger partial charge on any atom is -0.492 e. The van der Waals surface area contributed by atoms with Gasteiger partial charge in [0.15, 0.2) is 0 Å². The van der Waals surface area contributed by atoms with E-state index < -0.39 is 23.7 Å². The van der Waals surface area contributed by atoms with E-state index in [0.717, 1.165) is 24.5 Å². The SMILES string of the molecule is CNC(=O)c1cc(F)cc(-c2cc3c(c(C(=O)N[C@@H](CO)Cc4c[nH]c5cccc(F)c45)c2)OCCCC3)c1.